The lowest BCUT2D eigenvalue weighted by Crippen LogP contribution is -2.40. The summed E-state index contributed by atoms with van der Waals surface area (Å²) in [5.41, 5.74) is -0.0206. The Bertz CT molecular complexity index is 368. The molecule has 0 aromatic heterocycles. The minimum Gasteiger partial charge on any atom is -0.481 e. The summed E-state index contributed by atoms with van der Waals surface area (Å²) in [6.07, 6.45) is 3.62. The number of hydrogen-bond donors (Lipinski definition) is 2. The van der Waals surface area contributed by atoms with Crippen molar-refractivity contribution in [2.75, 3.05) is 6.54 Å². The molecule has 1 saturated carbocycles. The van der Waals surface area contributed by atoms with E-state index >= 15 is 0 Å². The molecule has 4 heteroatoms. The van der Waals surface area contributed by atoms with Gasteiger partial charge in [-0.3, -0.25) is 9.59 Å². The number of carboxylic acids is 1. The van der Waals surface area contributed by atoms with Gasteiger partial charge in [0.1, 0.15) is 0 Å². The average molecular weight is 283 g/mol. The quantitative estimate of drug-likeness (QED) is 0.815. The van der Waals surface area contributed by atoms with Crippen molar-refractivity contribution in [1.29, 1.82) is 0 Å². The molecule has 0 aromatic rings. The minimum atomic E-state index is -0.828. The van der Waals surface area contributed by atoms with E-state index in [-0.39, 0.29) is 29.2 Å². The van der Waals surface area contributed by atoms with Gasteiger partial charge in [-0.25, -0.2) is 0 Å². The molecule has 0 bridgehead atoms. The molecule has 2 N–H and O–H groups in total. The minimum absolute atomic E-state index is 0.0200. The van der Waals surface area contributed by atoms with Crippen LogP contribution in [0.1, 0.15) is 60.3 Å². The van der Waals surface area contributed by atoms with Gasteiger partial charge in [0.15, 0.2) is 0 Å². The second-order valence-corrected chi connectivity index (χ2v) is 7.98. The third-order valence-corrected chi connectivity index (χ3v) is 4.30. The van der Waals surface area contributed by atoms with E-state index in [2.05, 4.69) is 19.2 Å². The zero-order valence-electron chi connectivity index (χ0n) is 13.5. The van der Waals surface area contributed by atoms with Gasteiger partial charge in [0.05, 0.1) is 5.92 Å². The lowest BCUT2D eigenvalue weighted by molar-refractivity contribution is -0.142. The number of hydrogen-bond acceptors (Lipinski definition) is 2. The molecule has 2 unspecified atom stereocenters. The third-order valence-electron chi connectivity index (χ3n) is 4.30. The third kappa shape index (κ3) is 4.80. The van der Waals surface area contributed by atoms with Crippen LogP contribution in [0.2, 0.25) is 0 Å². The Morgan fingerprint density at radius 2 is 1.95 bits per heavy atom. The number of carbonyl (C=O) groups is 2. The van der Waals surface area contributed by atoms with Crippen LogP contribution in [0.5, 0.6) is 0 Å². The zero-order chi connectivity index (χ0) is 15.6. The molecule has 1 amide bonds. The van der Waals surface area contributed by atoms with Crippen molar-refractivity contribution in [1.82, 2.24) is 5.32 Å². The van der Waals surface area contributed by atoms with Crippen molar-refractivity contribution in [3.8, 4) is 0 Å². The predicted octanol–water partition coefficient (Wildman–Crippen LogP) is 3.07. The van der Waals surface area contributed by atoms with Crippen LogP contribution in [0, 0.1) is 22.7 Å². The summed E-state index contributed by atoms with van der Waals surface area (Å²) in [7, 11) is 0. The van der Waals surface area contributed by atoms with Gasteiger partial charge < -0.3 is 10.4 Å². The molecule has 116 valence electrons. The Labute approximate surface area is 122 Å². The molecule has 1 fully saturated rings. The van der Waals surface area contributed by atoms with E-state index in [9.17, 15) is 14.7 Å². The highest BCUT2D eigenvalue weighted by atomic mass is 16.4. The van der Waals surface area contributed by atoms with Gasteiger partial charge in [0.2, 0.25) is 5.91 Å². The van der Waals surface area contributed by atoms with Crippen molar-refractivity contribution >= 4 is 11.9 Å². The molecule has 0 aromatic carbocycles. The first-order valence-corrected chi connectivity index (χ1v) is 7.53. The number of aliphatic carboxylic acids is 1. The highest BCUT2D eigenvalue weighted by molar-refractivity contribution is 5.80. The molecule has 0 saturated heterocycles. The Hall–Kier alpha value is -1.06. The second-order valence-electron chi connectivity index (χ2n) is 7.98. The molecule has 0 radical (unpaired) electrons. The van der Waals surface area contributed by atoms with Gasteiger partial charge >= 0.3 is 5.97 Å². The maximum Gasteiger partial charge on any atom is 0.308 e. The van der Waals surface area contributed by atoms with Crippen LogP contribution in [0.3, 0.4) is 0 Å². The largest absolute Gasteiger partial charge is 0.481 e. The molecule has 0 spiro atoms. The van der Waals surface area contributed by atoms with Gasteiger partial charge in [-0.1, -0.05) is 41.0 Å². The maximum absolute atomic E-state index is 12.2. The van der Waals surface area contributed by atoms with Crippen LogP contribution in [-0.2, 0) is 9.59 Å². The molecular weight excluding hydrogens is 254 g/mol. The number of nitrogens with one attached hydrogen (secondary N) is 1. The summed E-state index contributed by atoms with van der Waals surface area (Å²) < 4.78 is 0. The van der Waals surface area contributed by atoms with Crippen molar-refractivity contribution in [2.24, 2.45) is 22.7 Å². The number of amides is 1. The lowest BCUT2D eigenvalue weighted by atomic mass is 9.81. The Kier molecular flexibility index (Phi) is 5.22. The predicted molar refractivity (Wildman–Crippen MR) is 79.3 cm³/mol. The molecular formula is C16H29NO3. The van der Waals surface area contributed by atoms with Crippen molar-refractivity contribution in [2.45, 2.75) is 60.3 Å². The van der Waals surface area contributed by atoms with Crippen LogP contribution in [0.25, 0.3) is 0 Å². The van der Waals surface area contributed by atoms with Gasteiger partial charge in [0.25, 0.3) is 0 Å². The smallest absolute Gasteiger partial charge is 0.308 e. The fraction of sp³-hybridized carbons (Fsp3) is 0.875. The Morgan fingerprint density at radius 3 is 2.35 bits per heavy atom. The first kappa shape index (κ1) is 17.0. The maximum atomic E-state index is 12.2. The topological polar surface area (TPSA) is 66.4 Å². The lowest BCUT2D eigenvalue weighted by Gasteiger charge is -2.27. The highest BCUT2D eigenvalue weighted by Crippen LogP contribution is 2.42. The summed E-state index contributed by atoms with van der Waals surface area (Å²) >= 11 is 0. The Balaban J connectivity index is 2.55. The molecule has 0 heterocycles. The summed E-state index contributed by atoms with van der Waals surface area (Å²) in [6, 6.07) is 0. The number of carboxylic acid groups (broad SMARTS) is 1. The first-order chi connectivity index (χ1) is 9.03. The van der Waals surface area contributed by atoms with Crippen LogP contribution in [0.4, 0.5) is 0 Å². The molecule has 2 atom stereocenters. The van der Waals surface area contributed by atoms with E-state index in [1.165, 1.54) is 0 Å². The van der Waals surface area contributed by atoms with Gasteiger partial charge in [-0.2, -0.15) is 0 Å². The van der Waals surface area contributed by atoms with Gasteiger partial charge in [-0.15, -0.1) is 0 Å². The fourth-order valence-corrected chi connectivity index (χ4v) is 3.15. The summed E-state index contributed by atoms with van der Waals surface area (Å²) in [6.45, 7) is 10.5. The number of carbonyl (C=O) groups excluding carboxylic acids is 1. The molecule has 4 nitrogen and oxygen atoms in total. The summed E-state index contributed by atoms with van der Waals surface area (Å²) in [4.78, 5) is 23.5. The molecule has 1 aliphatic carbocycles. The molecule has 20 heavy (non-hydrogen) atoms. The van der Waals surface area contributed by atoms with E-state index in [4.69, 9.17) is 0 Å². The van der Waals surface area contributed by atoms with Gasteiger partial charge in [-0.05, 0) is 30.1 Å². The summed E-state index contributed by atoms with van der Waals surface area (Å²) in [5, 5.41) is 12.1. The average Bonchev–Trinajstić information content (AvgIpc) is 2.62. The standard InChI is InChI=1S/C16H29NO3/c1-15(2,3)9-11(14(19)20)10-17-13(18)12-7-6-8-16(12,4)5/h11-12H,6-10H2,1-5H3,(H,17,18)(H,19,20). The highest BCUT2D eigenvalue weighted by Gasteiger charge is 2.39. The fourth-order valence-electron chi connectivity index (χ4n) is 3.15. The van der Waals surface area contributed by atoms with E-state index in [0.29, 0.717) is 6.42 Å². The first-order valence-electron chi connectivity index (χ1n) is 7.53. The normalized spacial score (nSPS) is 23.4. The second kappa shape index (κ2) is 6.15. The summed E-state index contributed by atoms with van der Waals surface area (Å²) in [5.74, 6) is -1.30. The van der Waals surface area contributed by atoms with Crippen LogP contribution in [-0.4, -0.2) is 23.5 Å². The molecule has 1 aliphatic rings. The monoisotopic (exact) mass is 283 g/mol. The van der Waals surface area contributed by atoms with Crippen molar-refractivity contribution in [3.63, 3.8) is 0 Å². The molecule has 0 aliphatic heterocycles. The van der Waals surface area contributed by atoms with Gasteiger partial charge in [0, 0.05) is 12.5 Å². The van der Waals surface area contributed by atoms with Crippen LogP contribution in [0.15, 0.2) is 0 Å². The van der Waals surface area contributed by atoms with E-state index in [1.807, 2.05) is 20.8 Å². The van der Waals surface area contributed by atoms with Crippen molar-refractivity contribution < 1.29 is 14.7 Å². The van der Waals surface area contributed by atoms with E-state index in [1.54, 1.807) is 0 Å². The van der Waals surface area contributed by atoms with Crippen LogP contribution >= 0.6 is 0 Å². The van der Waals surface area contributed by atoms with Crippen LogP contribution < -0.4 is 5.32 Å². The number of rotatable bonds is 5. The van der Waals surface area contributed by atoms with Crippen molar-refractivity contribution in [3.05, 3.63) is 0 Å². The Morgan fingerprint density at radius 1 is 1.35 bits per heavy atom. The van der Waals surface area contributed by atoms with E-state index < -0.39 is 11.9 Å². The SMILES string of the molecule is CC(C)(C)CC(CNC(=O)C1CCCC1(C)C)C(=O)O. The zero-order valence-corrected chi connectivity index (χ0v) is 13.5. The van der Waals surface area contributed by atoms with E-state index in [0.717, 1.165) is 19.3 Å². The molecule has 1 rings (SSSR count).